The number of hydrogen-bond donors (Lipinski definition) is 0. The van der Waals surface area contributed by atoms with Gasteiger partial charge in [-0.1, -0.05) is 60.7 Å². The van der Waals surface area contributed by atoms with Gasteiger partial charge in [0.05, 0.1) is 50.4 Å². The molecule has 5 aromatic rings. The molecule has 7 heteroatoms. The number of para-hydroxylation sites is 2. The Morgan fingerprint density at radius 1 is 0.644 bits per heavy atom. The van der Waals surface area contributed by atoms with Gasteiger partial charge in [0, 0.05) is 71.8 Å². The zero-order valence-electron chi connectivity index (χ0n) is 34.4. The van der Waals surface area contributed by atoms with Crippen molar-refractivity contribution in [2.75, 3.05) is 39.4 Å². The molecule has 6 saturated heterocycles. The van der Waals surface area contributed by atoms with Gasteiger partial charge in [0.2, 0.25) is 0 Å². The van der Waals surface area contributed by atoms with E-state index >= 15 is 4.39 Å². The lowest BCUT2D eigenvalue weighted by Gasteiger charge is -2.59. The van der Waals surface area contributed by atoms with E-state index in [1.54, 1.807) is 12.1 Å². The third kappa shape index (κ3) is 7.41. The van der Waals surface area contributed by atoms with Gasteiger partial charge >= 0.3 is 0 Å². The summed E-state index contributed by atoms with van der Waals surface area (Å²) in [4.78, 5) is 9.41. The predicted octanol–water partition coefficient (Wildman–Crippen LogP) is 10.6. The van der Waals surface area contributed by atoms with Crippen molar-refractivity contribution in [3.8, 4) is 0 Å². The first-order chi connectivity index (χ1) is 28.9. The quantitative estimate of drug-likeness (QED) is 0.0738. The van der Waals surface area contributed by atoms with E-state index in [4.69, 9.17) is 19.4 Å². The van der Waals surface area contributed by atoms with Crippen molar-refractivity contribution in [2.24, 2.45) is 23.7 Å². The lowest BCUT2D eigenvalue weighted by molar-refractivity contribution is -0.985. The molecule has 59 heavy (non-hydrogen) atoms. The van der Waals surface area contributed by atoms with Crippen LogP contribution in [0.25, 0.3) is 21.8 Å². The van der Waals surface area contributed by atoms with Crippen LogP contribution < -0.4 is 0 Å². The molecule has 0 spiro atoms. The second-order valence-corrected chi connectivity index (χ2v) is 18.0. The Morgan fingerprint density at radius 2 is 1.10 bits per heavy atom. The average molecular weight is 791 g/mol. The standard InChI is InChI=1S/C52H59FN4O2/c1-5-25-58-51(45-17-21-54-47-15-11-9-13-43(45)47)49-30-40-19-23-56(49,34-38(40)7-3)32-36-27-37(29-42(53)28-36)33-57-24-20-41(39(8-4)35-57)31-50(57)52(59-26-6-2)46-18-22-55-48-16-12-10-14-44(46)48/h5-18,21-22,27-29,38-41,49-52H,1-4,19-20,23-26,30-35H2/q+2/t38-,39-,40-,41-,49+,50+,51+,52+,56+,57+/m0/s1. The molecule has 304 valence electrons. The maximum absolute atomic E-state index is 16.3. The van der Waals surface area contributed by atoms with Crippen molar-refractivity contribution >= 4 is 21.8 Å². The van der Waals surface area contributed by atoms with Crippen molar-refractivity contribution in [1.82, 2.24) is 9.97 Å². The van der Waals surface area contributed by atoms with Crippen LogP contribution in [0.1, 0.15) is 60.1 Å². The van der Waals surface area contributed by atoms with E-state index in [2.05, 4.69) is 93.1 Å². The van der Waals surface area contributed by atoms with Crippen LogP contribution in [0.4, 0.5) is 4.39 Å². The second-order valence-electron chi connectivity index (χ2n) is 18.0. The highest BCUT2D eigenvalue weighted by molar-refractivity contribution is 5.83. The number of aromatic nitrogens is 2. The molecule has 2 aromatic heterocycles. The van der Waals surface area contributed by atoms with E-state index in [-0.39, 0.29) is 30.1 Å². The van der Waals surface area contributed by atoms with Gasteiger partial charge in [0.15, 0.2) is 0 Å². The Bertz CT molecular complexity index is 2190. The molecule has 6 aliphatic heterocycles. The van der Waals surface area contributed by atoms with E-state index in [0.717, 1.165) is 107 Å². The molecule has 0 radical (unpaired) electrons. The second kappa shape index (κ2) is 16.7. The molecule has 0 aliphatic carbocycles. The maximum atomic E-state index is 16.3. The summed E-state index contributed by atoms with van der Waals surface area (Å²) in [5, 5.41) is 2.25. The Labute approximate surface area is 349 Å². The molecule has 0 saturated carbocycles. The van der Waals surface area contributed by atoms with Gasteiger partial charge in [-0.15, -0.1) is 26.3 Å². The van der Waals surface area contributed by atoms with Crippen LogP contribution in [0.2, 0.25) is 0 Å². The molecular weight excluding hydrogens is 732 g/mol. The van der Waals surface area contributed by atoms with Crippen LogP contribution in [0.5, 0.6) is 0 Å². The van der Waals surface area contributed by atoms with Crippen LogP contribution in [-0.4, -0.2) is 70.4 Å². The predicted molar refractivity (Wildman–Crippen MR) is 235 cm³/mol. The summed E-state index contributed by atoms with van der Waals surface area (Å²) in [6.07, 6.45) is 15.9. The van der Waals surface area contributed by atoms with E-state index < -0.39 is 0 Å². The van der Waals surface area contributed by atoms with Gasteiger partial charge in [0.1, 0.15) is 43.2 Å². The molecule has 0 N–H and O–H groups in total. The fraction of sp³-hybridized carbons (Fsp3) is 0.385. The minimum absolute atomic E-state index is 0.163. The number of ether oxygens (including phenoxy) is 2. The third-order valence-electron chi connectivity index (χ3n) is 14.8. The van der Waals surface area contributed by atoms with Crippen molar-refractivity contribution < 1.29 is 22.8 Å². The Balaban J connectivity index is 1.09. The first-order valence-corrected chi connectivity index (χ1v) is 21.7. The number of pyridine rings is 2. The van der Waals surface area contributed by atoms with Gasteiger partial charge in [-0.05, 0) is 65.4 Å². The van der Waals surface area contributed by atoms with Crippen LogP contribution in [0.15, 0.2) is 142 Å². The molecule has 8 heterocycles. The highest BCUT2D eigenvalue weighted by Gasteiger charge is 2.56. The fourth-order valence-electron chi connectivity index (χ4n) is 12.2. The number of rotatable bonds is 16. The van der Waals surface area contributed by atoms with Gasteiger partial charge in [-0.2, -0.15) is 0 Å². The Kier molecular flexibility index (Phi) is 11.2. The van der Waals surface area contributed by atoms with Gasteiger partial charge < -0.3 is 18.4 Å². The first kappa shape index (κ1) is 39.7. The summed E-state index contributed by atoms with van der Waals surface area (Å²) >= 11 is 0. The van der Waals surface area contributed by atoms with E-state index in [1.807, 2.05) is 36.7 Å². The molecule has 0 amide bonds. The van der Waals surface area contributed by atoms with Gasteiger partial charge in [0.25, 0.3) is 0 Å². The normalized spacial score (nSPS) is 29.6. The van der Waals surface area contributed by atoms with Crippen LogP contribution in [0, 0.1) is 29.5 Å². The summed E-state index contributed by atoms with van der Waals surface area (Å²) in [7, 11) is 0. The molecule has 3 aromatic carbocycles. The molecule has 0 unspecified atom stereocenters. The molecule has 11 rings (SSSR count). The molecule has 6 fully saturated rings. The van der Waals surface area contributed by atoms with Crippen molar-refractivity contribution in [3.05, 3.63) is 170 Å². The monoisotopic (exact) mass is 790 g/mol. The lowest BCUT2D eigenvalue weighted by Crippen LogP contribution is -2.68. The number of fused-ring (bicyclic) bond motifs is 8. The molecular formula is C52H59FN4O2+2. The molecule has 6 aliphatic rings. The van der Waals surface area contributed by atoms with Crippen LogP contribution in [-0.2, 0) is 22.6 Å². The highest BCUT2D eigenvalue weighted by atomic mass is 19.1. The first-order valence-electron chi connectivity index (χ1n) is 21.7. The smallest absolute Gasteiger partial charge is 0.135 e. The highest BCUT2D eigenvalue weighted by Crippen LogP contribution is 2.51. The van der Waals surface area contributed by atoms with Crippen LogP contribution >= 0.6 is 0 Å². The maximum Gasteiger partial charge on any atom is 0.135 e. The molecule has 6 nitrogen and oxygen atoms in total. The van der Waals surface area contributed by atoms with Crippen molar-refractivity contribution in [2.45, 2.75) is 63.1 Å². The molecule has 4 bridgehead atoms. The topological polar surface area (TPSA) is 44.2 Å². The van der Waals surface area contributed by atoms with E-state index in [1.165, 1.54) is 11.1 Å². The average Bonchev–Trinajstić information content (AvgIpc) is 3.26. The Hall–Kier alpha value is -4.79. The zero-order chi connectivity index (χ0) is 40.6. The zero-order valence-corrected chi connectivity index (χ0v) is 34.4. The van der Waals surface area contributed by atoms with Crippen molar-refractivity contribution in [1.29, 1.82) is 0 Å². The van der Waals surface area contributed by atoms with E-state index in [0.29, 0.717) is 36.9 Å². The summed E-state index contributed by atoms with van der Waals surface area (Å²) in [6, 6.07) is 27.3. The number of quaternary nitrogens is 2. The summed E-state index contributed by atoms with van der Waals surface area (Å²) in [6.45, 7) is 23.0. The number of hydrogen-bond acceptors (Lipinski definition) is 4. The van der Waals surface area contributed by atoms with E-state index in [9.17, 15) is 0 Å². The van der Waals surface area contributed by atoms with Gasteiger partial charge in [-0.25, -0.2) is 4.39 Å². The van der Waals surface area contributed by atoms with Gasteiger partial charge in [-0.3, -0.25) is 9.97 Å². The Morgan fingerprint density at radius 3 is 1.54 bits per heavy atom. The summed E-state index contributed by atoms with van der Waals surface area (Å²) in [5.41, 5.74) is 6.39. The SMILES string of the molecule is C=CCO[C@H](c1ccnc2ccccc12)[C@H]1C[C@@H]2CC[N@@+]1(Cc1cc(F)cc(C[N@@+]34CC[C@@H](C[C@@H]3[C@H](OCC=C)c3ccnc5ccccc35)[C@@H](C=C)C4)c1)C[C@@H]2C=C. The fourth-order valence-corrected chi connectivity index (χ4v) is 12.2. The van der Waals surface area contributed by atoms with Crippen molar-refractivity contribution in [3.63, 3.8) is 0 Å². The summed E-state index contributed by atoms with van der Waals surface area (Å²) < 4.78 is 31.6. The lowest BCUT2D eigenvalue weighted by atomic mass is 9.70. The largest absolute Gasteiger partial charge is 0.363 e. The van der Waals surface area contributed by atoms with Crippen LogP contribution in [0.3, 0.4) is 0 Å². The summed E-state index contributed by atoms with van der Waals surface area (Å²) in [5.74, 6) is 1.74. The number of halogens is 1. The number of nitrogens with zero attached hydrogens (tertiary/aromatic N) is 4. The molecule has 10 atom stereocenters. The number of benzene rings is 3. The minimum atomic E-state index is -0.166. The minimum Gasteiger partial charge on any atom is -0.363 e. The third-order valence-corrected chi connectivity index (χ3v) is 14.8. The number of piperidine rings is 6.